The van der Waals surface area contributed by atoms with E-state index in [0.29, 0.717) is 6.54 Å². The van der Waals surface area contributed by atoms with Crippen LogP contribution in [-0.2, 0) is 16.1 Å². The standard InChI is InChI=1S/C17H24N2O2/c1-2-21-17(20)15-19-11-8-18(9-12-19,10-13-19)14-16-6-4-3-5-7-16/h2-7H,1,8-15H2/q+2. The van der Waals surface area contributed by atoms with Crippen LogP contribution in [0.4, 0.5) is 0 Å². The maximum absolute atomic E-state index is 11.7. The molecule has 4 nitrogen and oxygen atoms in total. The van der Waals surface area contributed by atoms with Gasteiger partial charge in [0, 0.05) is 5.56 Å². The Bertz CT molecular complexity index is 502. The van der Waals surface area contributed by atoms with Crippen LogP contribution in [0.2, 0.25) is 0 Å². The zero-order valence-corrected chi connectivity index (χ0v) is 12.5. The first-order valence-electron chi connectivity index (χ1n) is 7.70. The van der Waals surface area contributed by atoms with Crippen molar-refractivity contribution in [1.82, 2.24) is 0 Å². The first-order chi connectivity index (χ1) is 10.2. The van der Waals surface area contributed by atoms with Crippen molar-refractivity contribution in [2.45, 2.75) is 6.54 Å². The van der Waals surface area contributed by atoms with Gasteiger partial charge >= 0.3 is 5.97 Å². The summed E-state index contributed by atoms with van der Waals surface area (Å²) in [7, 11) is 0. The third-order valence-electron chi connectivity index (χ3n) is 5.19. The highest BCUT2D eigenvalue weighted by Crippen LogP contribution is 2.28. The maximum atomic E-state index is 11.7. The minimum Gasteiger partial charge on any atom is -0.431 e. The van der Waals surface area contributed by atoms with Crippen molar-refractivity contribution in [2.24, 2.45) is 0 Å². The van der Waals surface area contributed by atoms with Gasteiger partial charge in [0.25, 0.3) is 0 Å². The van der Waals surface area contributed by atoms with Crippen LogP contribution in [0.5, 0.6) is 0 Å². The van der Waals surface area contributed by atoms with E-state index in [-0.39, 0.29) is 5.97 Å². The fourth-order valence-electron chi connectivity index (χ4n) is 3.79. The lowest BCUT2D eigenvalue weighted by Crippen LogP contribution is -2.75. The van der Waals surface area contributed by atoms with Gasteiger partial charge in [0.2, 0.25) is 0 Å². The largest absolute Gasteiger partial charge is 0.431 e. The molecule has 3 aliphatic rings. The number of ether oxygens (including phenoxy) is 1. The fourth-order valence-corrected chi connectivity index (χ4v) is 3.79. The predicted octanol–water partition coefficient (Wildman–Crippen LogP) is 1.53. The lowest BCUT2D eigenvalue weighted by Gasteiger charge is -2.55. The second-order valence-electron chi connectivity index (χ2n) is 6.48. The third kappa shape index (κ3) is 3.01. The van der Waals surface area contributed by atoms with Crippen molar-refractivity contribution in [3.63, 3.8) is 0 Å². The lowest BCUT2D eigenvalue weighted by atomic mass is 10.0. The van der Waals surface area contributed by atoms with E-state index < -0.39 is 0 Å². The summed E-state index contributed by atoms with van der Waals surface area (Å²) in [6, 6.07) is 10.8. The highest BCUT2D eigenvalue weighted by atomic mass is 16.5. The van der Waals surface area contributed by atoms with E-state index in [9.17, 15) is 4.79 Å². The van der Waals surface area contributed by atoms with Gasteiger partial charge in [0.05, 0.1) is 6.26 Å². The Morgan fingerprint density at radius 3 is 2.19 bits per heavy atom. The van der Waals surface area contributed by atoms with Crippen LogP contribution < -0.4 is 0 Å². The molecule has 21 heavy (non-hydrogen) atoms. The number of carbonyl (C=O) groups is 1. The molecule has 2 bridgehead atoms. The fraction of sp³-hybridized carbons (Fsp3) is 0.471. The summed E-state index contributed by atoms with van der Waals surface area (Å²) in [4.78, 5) is 11.7. The van der Waals surface area contributed by atoms with Crippen LogP contribution in [0.15, 0.2) is 43.2 Å². The van der Waals surface area contributed by atoms with Crippen LogP contribution in [0.25, 0.3) is 0 Å². The van der Waals surface area contributed by atoms with Crippen LogP contribution in [0.3, 0.4) is 0 Å². The number of hydrogen-bond donors (Lipinski definition) is 0. The van der Waals surface area contributed by atoms with Gasteiger partial charge in [-0.1, -0.05) is 36.9 Å². The van der Waals surface area contributed by atoms with Crippen molar-refractivity contribution in [3.05, 3.63) is 48.7 Å². The molecule has 0 radical (unpaired) electrons. The van der Waals surface area contributed by atoms with Gasteiger partial charge in [-0.3, -0.25) is 0 Å². The van der Waals surface area contributed by atoms with Crippen molar-refractivity contribution in [2.75, 3.05) is 45.8 Å². The molecule has 112 valence electrons. The van der Waals surface area contributed by atoms with Gasteiger partial charge in [0.15, 0.2) is 6.54 Å². The third-order valence-corrected chi connectivity index (χ3v) is 5.19. The van der Waals surface area contributed by atoms with Crippen LogP contribution in [0.1, 0.15) is 5.56 Å². The number of benzene rings is 1. The highest BCUT2D eigenvalue weighted by molar-refractivity contribution is 5.71. The summed E-state index contributed by atoms with van der Waals surface area (Å²) in [5.74, 6) is -0.144. The molecule has 3 saturated heterocycles. The lowest BCUT2D eigenvalue weighted by molar-refractivity contribution is -1.08. The molecule has 0 N–H and O–H groups in total. The van der Waals surface area contributed by atoms with Crippen molar-refractivity contribution in [1.29, 1.82) is 0 Å². The van der Waals surface area contributed by atoms with Gasteiger partial charge in [-0.15, -0.1) is 0 Å². The van der Waals surface area contributed by atoms with Gasteiger partial charge in [-0.05, 0) is 0 Å². The predicted molar refractivity (Wildman–Crippen MR) is 81.0 cm³/mol. The topological polar surface area (TPSA) is 26.3 Å². The number of quaternary nitrogens is 2. The van der Waals surface area contributed by atoms with Crippen LogP contribution in [-0.4, -0.2) is 60.7 Å². The molecule has 0 saturated carbocycles. The van der Waals surface area contributed by atoms with E-state index in [0.717, 1.165) is 50.3 Å². The Hall–Kier alpha value is -1.65. The summed E-state index contributed by atoms with van der Waals surface area (Å²) in [5, 5.41) is 0. The van der Waals surface area contributed by atoms with E-state index >= 15 is 0 Å². The first-order valence-corrected chi connectivity index (χ1v) is 7.70. The molecule has 4 heteroatoms. The Labute approximate surface area is 126 Å². The number of esters is 1. The van der Waals surface area contributed by atoms with E-state index in [2.05, 4.69) is 36.9 Å². The molecular weight excluding hydrogens is 264 g/mol. The summed E-state index contributed by atoms with van der Waals surface area (Å²) in [5.41, 5.74) is 1.42. The average Bonchev–Trinajstić information content (AvgIpc) is 2.50. The van der Waals surface area contributed by atoms with E-state index in [1.165, 1.54) is 16.3 Å². The SMILES string of the molecule is C=COC(=O)C[N+]12CC[N+](Cc3ccccc3)(CC1)CC2. The van der Waals surface area contributed by atoms with Crippen LogP contribution >= 0.6 is 0 Å². The van der Waals surface area contributed by atoms with Crippen LogP contribution in [0, 0.1) is 0 Å². The number of nitrogens with zero attached hydrogens (tertiary/aromatic N) is 2. The molecule has 0 aromatic heterocycles. The van der Waals surface area contributed by atoms with Crippen molar-refractivity contribution < 1.29 is 18.5 Å². The van der Waals surface area contributed by atoms with Gasteiger partial charge in [0.1, 0.15) is 45.8 Å². The monoisotopic (exact) mass is 288 g/mol. The number of carbonyl (C=O) groups excluding carboxylic acids is 1. The molecule has 4 rings (SSSR count). The molecule has 1 aromatic rings. The maximum Gasteiger partial charge on any atom is 0.366 e. The first kappa shape index (κ1) is 14.3. The Kier molecular flexibility index (Phi) is 3.83. The molecule has 3 aliphatic heterocycles. The summed E-state index contributed by atoms with van der Waals surface area (Å²) >= 11 is 0. The number of fused-ring (bicyclic) bond motifs is 3. The van der Waals surface area contributed by atoms with E-state index in [1.807, 2.05) is 0 Å². The van der Waals surface area contributed by atoms with Gasteiger partial charge < -0.3 is 13.7 Å². The molecule has 0 atom stereocenters. The van der Waals surface area contributed by atoms with Crippen molar-refractivity contribution >= 4 is 5.97 Å². The Morgan fingerprint density at radius 2 is 1.62 bits per heavy atom. The second kappa shape index (κ2) is 5.62. The van der Waals surface area contributed by atoms with E-state index in [1.54, 1.807) is 0 Å². The van der Waals surface area contributed by atoms with Crippen molar-refractivity contribution in [3.8, 4) is 0 Å². The van der Waals surface area contributed by atoms with Gasteiger partial charge in [-0.25, -0.2) is 4.79 Å². The minimum absolute atomic E-state index is 0.144. The Balaban J connectivity index is 1.63. The molecule has 3 heterocycles. The molecule has 3 fully saturated rings. The Morgan fingerprint density at radius 1 is 1.05 bits per heavy atom. The zero-order chi connectivity index (χ0) is 14.8. The van der Waals surface area contributed by atoms with E-state index in [4.69, 9.17) is 4.74 Å². The summed E-state index contributed by atoms with van der Waals surface area (Å²) in [6.07, 6.45) is 1.24. The molecule has 0 unspecified atom stereocenters. The minimum atomic E-state index is -0.144. The second-order valence-corrected chi connectivity index (χ2v) is 6.48. The number of hydrogen-bond acceptors (Lipinski definition) is 2. The molecule has 0 amide bonds. The van der Waals surface area contributed by atoms with Gasteiger partial charge in [-0.2, -0.15) is 0 Å². The normalized spacial score (nSPS) is 30.9. The molecule has 0 spiro atoms. The number of rotatable bonds is 5. The number of piperazine rings is 3. The summed E-state index contributed by atoms with van der Waals surface area (Å²) < 4.78 is 7.00. The highest BCUT2D eigenvalue weighted by Gasteiger charge is 2.49. The zero-order valence-electron chi connectivity index (χ0n) is 12.5. The average molecular weight is 288 g/mol. The molecular formula is C17H24N2O2+2. The smallest absolute Gasteiger partial charge is 0.366 e. The summed E-state index contributed by atoms with van der Waals surface area (Å²) in [6.45, 7) is 11.8. The molecule has 1 aromatic carbocycles. The quantitative estimate of drug-likeness (QED) is 0.467. The molecule has 0 aliphatic carbocycles.